The Hall–Kier alpha value is -1.62. The number of ether oxygens (including phenoxy) is 3. The summed E-state index contributed by atoms with van der Waals surface area (Å²) in [6, 6.07) is 3.27. The van der Waals surface area contributed by atoms with Crippen LogP contribution in [-0.2, 0) is 4.74 Å². The number of benzene rings is 1. The minimum Gasteiger partial charge on any atom is -0.490 e. The van der Waals surface area contributed by atoms with Crippen molar-refractivity contribution >= 4 is 23.4 Å². The first-order valence-electron chi connectivity index (χ1n) is 7.08. The molecule has 0 radical (unpaired) electrons. The molecule has 0 heterocycles. The molecule has 0 aliphatic carbocycles. The summed E-state index contributed by atoms with van der Waals surface area (Å²) in [5, 5.41) is 3.01. The van der Waals surface area contributed by atoms with E-state index in [0.29, 0.717) is 35.4 Å². The molecule has 5 nitrogen and oxygen atoms in total. The molecule has 0 spiro atoms. The number of hydrogen-bond donors (Lipinski definition) is 1. The smallest absolute Gasteiger partial charge is 0.411 e. The van der Waals surface area contributed by atoms with Gasteiger partial charge in [0, 0.05) is 11.8 Å². The molecule has 0 aliphatic rings. The number of carbonyl (C=O) groups is 1. The zero-order valence-corrected chi connectivity index (χ0v) is 13.6. The molecule has 0 aliphatic heterocycles. The molecule has 0 saturated carbocycles. The third-order valence-electron chi connectivity index (χ3n) is 2.73. The average molecular weight is 316 g/mol. The van der Waals surface area contributed by atoms with Gasteiger partial charge < -0.3 is 14.2 Å². The van der Waals surface area contributed by atoms with Crippen molar-refractivity contribution < 1.29 is 19.0 Å². The maximum absolute atomic E-state index is 11.7. The van der Waals surface area contributed by atoms with Gasteiger partial charge in [-0.1, -0.05) is 18.5 Å². The first kappa shape index (κ1) is 17.4. The maximum atomic E-state index is 11.7. The summed E-state index contributed by atoms with van der Waals surface area (Å²) in [6.45, 7) is 8.44. The fourth-order valence-corrected chi connectivity index (χ4v) is 1.87. The van der Waals surface area contributed by atoms with Crippen LogP contribution in [0.2, 0.25) is 5.02 Å². The molecule has 0 saturated heterocycles. The lowest BCUT2D eigenvalue weighted by atomic mass is 10.2. The number of amides is 1. The second-order valence-corrected chi connectivity index (χ2v) is 4.81. The molecule has 0 aromatic heterocycles. The number of nitrogens with one attached hydrogen (secondary N) is 1. The van der Waals surface area contributed by atoms with Gasteiger partial charge in [-0.3, -0.25) is 5.32 Å². The van der Waals surface area contributed by atoms with E-state index in [1.54, 1.807) is 12.1 Å². The third kappa shape index (κ3) is 5.34. The summed E-state index contributed by atoms with van der Waals surface area (Å²) in [6.07, 6.45) is 0.0864. The van der Waals surface area contributed by atoms with Crippen LogP contribution in [0.25, 0.3) is 0 Å². The predicted molar refractivity (Wildman–Crippen MR) is 83.6 cm³/mol. The van der Waals surface area contributed by atoms with Crippen LogP contribution >= 0.6 is 11.6 Å². The Bertz CT molecular complexity index is 479. The highest BCUT2D eigenvalue weighted by Gasteiger charge is 2.14. The first-order chi connectivity index (χ1) is 10.0. The van der Waals surface area contributed by atoms with Crippen LogP contribution in [0, 0.1) is 0 Å². The number of carbonyl (C=O) groups excluding carboxylic acids is 1. The van der Waals surface area contributed by atoms with Gasteiger partial charge in [0.25, 0.3) is 0 Å². The van der Waals surface area contributed by atoms with E-state index in [1.807, 2.05) is 27.7 Å². The molecule has 21 heavy (non-hydrogen) atoms. The van der Waals surface area contributed by atoms with Crippen molar-refractivity contribution in [3.8, 4) is 11.5 Å². The molecule has 1 rings (SSSR count). The summed E-state index contributed by atoms with van der Waals surface area (Å²) < 4.78 is 16.1. The molecular weight excluding hydrogens is 294 g/mol. The van der Waals surface area contributed by atoms with E-state index >= 15 is 0 Å². The molecule has 1 amide bonds. The fourth-order valence-electron chi connectivity index (χ4n) is 1.60. The lowest BCUT2D eigenvalue weighted by Crippen LogP contribution is -2.19. The van der Waals surface area contributed by atoms with Crippen LogP contribution in [0.5, 0.6) is 11.5 Å². The Balaban J connectivity index is 2.90. The molecule has 1 aromatic carbocycles. The highest BCUT2D eigenvalue weighted by molar-refractivity contribution is 6.32. The van der Waals surface area contributed by atoms with Crippen molar-refractivity contribution in [2.24, 2.45) is 0 Å². The van der Waals surface area contributed by atoms with Gasteiger partial charge in [0.1, 0.15) is 6.10 Å². The highest BCUT2D eigenvalue weighted by atomic mass is 35.5. The van der Waals surface area contributed by atoms with Gasteiger partial charge in [0.05, 0.1) is 18.2 Å². The Kier molecular flexibility index (Phi) is 7.15. The van der Waals surface area contributed by atoms with Gasteiger partial charge in [-0.25, -0.2) is 4.79 Å². The number of rotatable bonds is 7. The Labute approximate surface area is 130 Å². The molecule has 1 unspecified atom stereocenters. The van der Waals surface area contributed by atoms with Crippen molar-refractivity contribution in [3.05, 3.63) is 17.2 Å². The first-order valence-corrected chi connectivity index (χ1v) is 7.46. The third-order valence-corrected chi connectivity index (χ3v) is 3.01. The number of hydrogen-bond acceptors (Lipinski definition) is 4. The summed E-state index contributed by atoms with van der Waals surface area (Å²) in [4.78, 5) is 11.7. The van der Waals surface area contributed by atoms with E-state index in [9.17, 15) is 4.79 Å². The van der Waals surface area contributed by atoms with E-state index in [1.165, 1.54) is 0 Å². The molecule has 118 valence electrons. The molecule has 0 bridgehead atoms. The predicted octanol–water partition coefficient (Wildman–Crippen LogP) is 4.48. The monoisotopic (exact) mass is 315 g/mol. The van der Waals surface area contributed by atoms with E-state index in [-0.39, 0.29) is 6.10 Å². The van der Waals surface area contributed by atoms with Gasteiger partial charge in [-0.05, 0) is 33.3 Å². The summed E-state index contributed by atoms with van der Waals surface area (Å²) in [5.74, 6) is 0.965. The maximum Gasteiger partial charge on any atom is 0.411 e. The van der Waals surface area contributed by atoms with Crippen LogP contribution in [0.1, 0.15) is 34.1 Å². The standard InChI is InChI=1S/C15H22ClNO4/c1-5-10(4)21-15(18)17-11-8-12(16)14(20-7-3)13(9-11)19-6-2/h8-10H,5-7H2,1-4H3,(H,17,18). The minimum atomic E-state index is -0.521. The SMILES string of the molecule is CCOc1cc(NC(=O)OC(C)CC)cc(Cl)c1OCC. The van der Waals surface area contributed by atoms with Gasteiger partial charge in [-0.15, -0.1) is 0 Å². The second kappa shape index (κ2) is 8.62. The highest BCUT2D eigenvalue weighted by Crippen LogP contribution is 2.38. The summed E-state index contributed by atoms with van der Waals surface area (Å²) in [7, 11) is 0. The summed E-state index contributed by atoms with van der Waals surface area (Å²) in [5.41, 5.74) is 0.500. The number of halogens is 1. The normalized spacial score (nSPS) is 11.7. The largest absolute Gasteiger partial charge is 0.490 e. The van der Waals surface area contributed by atoms with Crippen molar-refractivity contribution in [2.45, 2.75) is 40.2 Å². The van der Waals surface area contributed by atoms with E-state index in [0.717, 1.165) is 6.42 Å². The lowest BCUT2D eigenvalue weighted by Gasteiger charge is -2.16. The average Bonchev–Trinajstić information content (AvgIpc) is 2.42. The zero-order valence-electron chi connectivity index (χ0n) is 12.9. The number of anilines is 1. The van der Waals surface area contributed by atoms with Crippen molar-refractivity contribution in [2.75, 3.05) is 18.5 Å². The van der Waals surface area contributed by atoms with Gasteiger partial charge in [-0.2, -0.15) is 0 Å². The van der Waals surface area contributed by atoms with Crippen molar-refractivity contribution in [1.29, 1.82) is 0 Å². The van der Waals surface area contributed by atoms with Crippen LogP contribution in [0.3, 0.4) is 0 Å². The van der Waals surface area contributed by atoms with E-state index < -0.39 is 6.09 Å². The molecule has 1 N–H and O–H groups in total. The van der Waals surface area contributed by atoms with Crippen LogP contribution in [0.15, 0.2) is 12.1 Å². The van der Waals surface area contributed by atoms with E-state index in [2.05, 4.69) is 5.32 Å². The van der Waals surface area contributed by atoms with Gasteiger partial charge in [0.2, 0.25) is 0 Å². The molecule has 6 heteroatoms. The Morgan fingerprint density at radius 3 is 2.48 bits per heavy atom. The quantitative estimate of drug-likeness (QED) is 0.805. The van der Waals surface area contributed by atoms with Crippen molar-refractivity contribution in [1.82, 2.24) is 0 Å². The van der Waals surface area contributed by atoms with Crippen molar-refractivity contribution in [3.63, 3.8) is 0 Å². The van der Waals surface area contributed by atoms with Gasteiger partial charge in [0.15, 0.2) is 11.5 Å². The second-order valence-electron chi connectivity index (χ2n) is 4.40. The van der Waals surface area contributed by atoms with Gasteiger partial charge >= 0.3 is 6.09 Å². The Morgan fingerprint density at radius 2 is 1.90 bits per heavy atom. The Morgan fingerprint density at radius 1 is 1.24 bits per heavy atom. The summed E-state index contributed by atoms with van der Waals surface area (Å²) >= 11 is 6.17. The fraction of sp³-hybridized carbons (Fsp3) is 0.533. The topological polar surface area (TPSA) is 56.8 Å². The van der Waals surface area contributed by atoms with E-state index in [4.69, 9.17) is 25.8 Å². The van der Waals surface area contributed by atoms with Crippen LogP contribution < -0.4 is 14.8 Å². The molecular formula is C15H22ClNO4. The lowest BCUT2D eigenvalue weighted by molar-refractivity contribution is 0.118. The van der Waals surface area contributed by atoms with Crippen LogP contribution in [0.4, 0.5) is 10.5 Å². The molecule has 1 aromatic rings. The molecule has 1 atom stereocenters. The minimum absolute atomic E-state index is 0.144. The van der Waals surface area contributed by atoms with Crippen LogP contribution in [-0.4, -0.2) is 25.4 Å². The molecule has 0 fully saturated rings. The zero-order chi connectivity index (χ0) is 15.8.